The summed E-state index contributed by atoms with van der Waals surface area (Å²) in [6.45, 7) is 17.4. The molecule has 0 aliphatic carbocycles. The molecule has 0 saturated carbocycles. The molecule has 18 nitrogen and oxygen atoms in total. The number of benzene rings is 4. The lowest BCUT2D eigenvalue weighted by molar-refractivity contribution is -0.160. The summed E-state index contributed by atoms with van der Waals surface area (Å²) in [5.41, 5.74) is 2.41. The maximum Gasteiger partial charge on any atom is 0.312 e. The van der Waals surface area contributed by atoms with Crippen LogP contribution in [0.15, 0.2) is 98.4 Å². The van der Waals surface area contributed by atoms with Crippen molar-refractivity contribution in [1.29, 1.82) is 0 Å². The highest BCUT2D eigenvalue weighted by atomic mass is 32.2. The first-order valence-electron chi connectivity index (χ1n) is 29.0. The van der Waals surface area contributed by atoms with Crippen LogP contribution in [0.5, 0.6) is 23.0 Å². The summed E-state index contributed by atoms with van der Waals surface area (Å²) in [6.07, 6.45) is 12.3. The van der Waals surface area contributed by atoms with Gasteiger partial charge in [-0.15, -0.1) is 11.8 Å². The molecule has 10 rings (SSSR count). The number of likely N-dealkylation sites (N-methyl/N-ethyl adjacent to an activating group) is 1. The minimum atomic E-state index is -2.04. The van der Waals surface area contributed by atoms with Crippen LogP contribution in [0.3, 0.4) is 0 Å². The number of phenolic OH excluding ortho intramolecular Hbond substituents is 3. The van der Waals surface area contributed by atoms with Crippen LogP contribution in [-0.4, -0.2) is 167 Å². The van der Waals surface area contributed by atoms with Gasteiger partial charge in [-0.25, -0.2) is 0 Å². The topological polar surface area (TPSA) is 227 Å². The molecule has 20 heteroatoms. The summed E-state index contributed by atoms with van der Waals surface area (Å²) in [5, 5.41) is 66.8. The molecular formula is C64H84N6O12S2. The second-order valence-electron chi connectivity index (χ2n) is 23.1. The van der Waals surface area contributed by atoms with Crippen LogP contribution < -0.4 is 15.0 Å². The van der Waals surface area contributed by atoms with E-state index in [4.69, 9.17) is 18.9 Å². The number of Topliss-reactive ketones (excluding diaryl/α,β-unsaturated/α-hetero) is 1. The predicted octanol–water partition coefficient (Wildman–Crippen LogP) is 10.2. The van der Waals surface area contributed by atoms with Crippen LogP contribution in [0.1, 0.15) is 95.6 Å². The van der Waals surface area contributed by atoms with E-state index in [2.05, 4.69) is 80.9 Å². The van der Waals surface area contributed by atoms with Crippen LogP contribution in [0.4, 0.5) is 17.1 Å². The van der Waals surface area contributed by atoms with Gasteiger partial charge in [-0.3, -0.25) is 19.4 Å². The number of hydrazone groups is 1. The lowest BCUT2D eigenvalue weighted by Crippen LogP contribution is -2.46. The van der Waals surface area contributed by atoms with E-state index in [1.165, 1.54) is 118 Å². The number of ketones is 1. The minimum Gasteiger partial charge on any atom is -0.507 e. The number of piperazine rings is 1. The fourth-order valence-electron chi connectivity index (χ4n) is 11.9. The lowest BCUT2D eigenvalue weighted by Gasteiger charge is -2.38. The molecule has 10 atom stereocenters. The SMILES string of the molecule is CO[C@H]1/C=C/O[C@@]2(C)Oc3c(C)c(O)c4c(O)c(c(/C=N\N5CCN(C)CC5)c(O)c4c3C2=O)NC(=O)/C(C)=C\C=C\[C@@H](C)[C@H](O)[C@@H](C)[C@H](O)[C@@H](C)[C@H](OC(C)=O)[C@@H]1C.CSc1ccc2c(c1)N(CCC1CCCCN1C)c1ccccc1S2. The number of fused-ring (bicyclic) bond motifs is 16. The van der Waals surface area contributed by atoms with Gasteiger partial charge in [0.05, 0.1) is 64.4 Å². The third-order valence-corrected chi connectivity index (χ3v) is 19.2. The molecule has 4 aromatic carbocycles. The predicted molar refractivity (Wildman–Crippen MR) is 331 cm³/mol. The molecule has 1 amide bonds. The van der Waals surface area contributed by atoms with Gasteiger partial charge >= 0.3 is 11.8 Å². The number of hydrogen-bond acceptors (Lipinski definition) is 19. The van der Waals surface area contributed by atoms with Gasteiger partial charge in [-0.05, 0) is 96.4 Å². The molecule has 2 fully saturated rings. The molecule has 6 N–H and O–H groups in total. The number of carbonyl (C=O) groups is 3. The van der Waals surface area contributed by atoms with E-state index >= 15 is 0 Å². The highest BCUT2D eigenvalue weighted by molar-refractivity contribution is 8.00. The molecule has 4 aromatic rings. The number of nitrogens with one attached hydrogen (secondary N) is 1. The van der Waals surface area contributed by atoms with Crippen molar-refractivity contribution >= 4 is 75.2 Å². The Morgan fingerprint density at radius 2 is 1.61 bits per heavy atom. The smallest absolute Gasteiger partial charge is 0.312 e. The standard InChI is InChI=1S/C43H58N4O12.C21H26N2S2/c1-21-12-11-13-22(2)42(55)45-33-28(20-44-47-17-15-46(9)16-18-47)37(52)30-31(38(33)53)36(51)26(6)40-32(30)41(54)43(8,59-40)57-19-14-29(56-10)23(3)39(58-27(7)48)25(5)35(50)24(4)34(21)49;1-22-13-6-5-7-16(22)12-14-23-18-8-3-4-9-20(18)25-21-11-10-17(24-2)15-19(21)23/h11-14,19-21,23-25,29,34-35,39,49-53H,15-18H2,1-10H3,(H,45,55);3-4,8-11,15-16H,5-7,12-14H2,1-2H3/b12-11+,19-14+,22-13-,44-20-;/t21-,23-,24-,25-,29+,34+,35+,39-,43+;/m1./s1. The molecule has 6 aliphatic heterocycles. The first-order valence-corrected chi connectivity index (χ1v) is 31.0. The number of esters is 1. The number of aliphatic hydroxyl groups is 2. The number of phenols is 3. The number of aromatic hydroxyl groups is 3. The number of thioether (sulfide) groups is 1. The first-order chi connectivity index (χ1) is 40.0. The van der Waals surface area contributed by atoms with E-state index in [0.717, 1.165) is 25.7 Å². The number of hydrogen-bond donors (Lipinski definition) is 6. The van der Waals surface area contributed by atoms with E-state index < -0.39 is 88.8 Å². The number of methoxy groups -OCH3 is 1. The Morgan fingerprint density at radius 3 is 2.30 bits per heavy atom. The van der Waals surface area contributed by atoms with Gasteiger partial charge in [0.25, 0.3) is 11.7 Å². The second kappa shape index (κ2) is 27.4. The van der Waals surface area contributed by atoms with Crippen LogP contribution in [0.25, 0.3) is 10.8 Å². The Labute approximate surface area is 502 Å². The maximum atomic E-state index is 14.4. The highest BCUT2D eigenvalue weighted by Crippen LogP contribution is 2.55. The zero-order valence-corrected chi connectivity index (χ0v) is 52.1. The zero-order chi connectivity index (χ0) is 60.9. The van der Waals surface area contributed by atoms with Crippen molar-refractivity contribution in [2.45, 2.75) is 132 Å². The zero-order valence-electron chi connectivity index (χ0n) is 50.4. The van der Waals surface area contributed by atoms with E-state index in [9.17, 15) is 39.9 Å². The Kier molecular flexibility index (Phi) is 20.8. The van der Waals surface area contributed by atoms with Gasteiger partial charge in [0.1, 0.15) is 23.4 Å². The van der Waals surface area contributed by atoms with Crippen molar-refractivity contribution < 1.29 is 58.9 Å². The summed E-state index contributed by atoms with van der Waals surface area (Å²) >= 11 is 3.73. The number of allylic oxidation sites excluding steroid dienone is 2. The van der Waals surface area contributed by atoms with Crippen LogP contribution in [-0.2, 0) is 23.8 Å². The molecule has 1 unspecified atom stereocenters. The van der Waals surface area contributed by atoms with E-state index in [1.807, 2.05) is 30.6 Å². The number of aliphatic hydroxyl groups excluding tert-OH is 2. The van der Waals surface area contributed by atoms with Crippen molar-refractivity contribution in [3.05, 3.63) is 95.3 Å². The number of anilines is 3. The Morgan fingerprint density at radius 1 is 0.893 bits per heavy atom. The second-order valence-corrected chi connectivity index (χ2v) is 25.1. The molecule has 6 heterocycles. The van der Waals surface area contributed by atoms with E-state index in [-0.39, 0.29) is 44.5 Å². The molecule has 0 aromatic heterocycles. The lowest BCUT2D eigenvalue weighted by atomic mass is 9.78. The van der Waals surface area contributed by atoms with E-state index in [1.54, 1.807) is 44.9 Å². The van der Waals surface area contributed by atoms with Gasteiger partial charge < -0.3 is 64.5 Å². The fourth-order valence-corrected chi connectivity index (χ4v) is 13.4. The van der Waals surface area contributed by atoms with Crippen molar-refractivity contribution in [3.63, 3.8) is 0 Å². The van der Waals surface area contributed by atoms with Gasteiger partial charge in [-0.1, -0.05) is 76.2 Å². The minimum absolute atomic E-state index is 0.0559. The molecule has 2 saturated heterocycles. The molecule has 84 heavy (non-hydrogen) atoms. The van der Waals surface area contributed by atoms with Crippen LogP contribution >= 0.6 is 23.5 Å². The number of nitrogens with zero attached hydrogens (tertiary/aromatic N) is 5. The summed E-state index contributed by atoms with van der Waals surface area (Å²) in [7, 11) is 5.72. The van der Waals surface area contributed by atoms with Gasteiger partial charge in [-0.2, -0.15) is 5.10 Å². The number of ether oxygens (including phenoxy) is 4. The van der Waals surface area contributed by atoms with Gasteiger partial charge in [0.15, 0.2) is 5.75 Å². The molecule has 454 valence electrons. The van der Waals surface area contributed by atoms with Crippen molar-refractivity contribution in [2.75, 3.05) is 76.9 Å². The summed E-state index contributed by atoms with van der Waals surface area (Å²) in [5.74, 6) is -8.34. The number of piperidine rings is 1. The Balaban J connectivity index is 0.000000303. The largest absolute Gasteiger partial charge is 0.507 e. The number of rotatable bonds is 8. The molecule has 6 aliphatic rings. The normalized spacial score (nSPS) is 28.5. The van der Waals surface area contributed by atoms with Crippen molar-refractivity contribution in [1.82, 2.24) is 14.8 Å². The quantitative estimate of drug-likeness (QED) is 0.0317. The fraction of sp³-hybridized carbons (Fsp3) is 0.500. The number of carbonyl (C=O) groups excluding carboxylic acids is 3. The summed E-state index contributed by atoms with van der Waals surface area (Å²) < 4.78 is 23.6. The van der Waals surface area contributed by atoms with Crippen molar-refractivity contribution in [3.8, 4) is 23.0 Å². The third-order valence-electron chi connectivity index (χ3n) is 17.3. The molecular weight excluding hydrogens is 1110 g/mol. The number of para-hydroxylation sites is 1. The maximum absolute atomic E-state index is 14.4. The molecule has 0 spiro atoms. The third kappa shape index (κ3) is 13.5. The average molecular weight is 1190 g/mol. The van der Waals surface area contributed by atoms with Crippen LogP contribution in [0.2, 0.25) is 0 Å². The molecule has 5 bridgehead atoms. The Hall–Kier alpha value is -6.26. The van der Waals surface area contributed by atoms with Crippen LogP contribution in [0, 0.1) is 30.6 Å². The number of amides is 1. The van der Waals surface area contributed by atoms with E-state index in [0.29, 0.717) is 13.1 Å². The first kappa shape index (κ1) is 63.8. The summed E-state index contributed by atoms with van der Waals surface area (Å²) in [4.78, 5) is 51.9. The highest BCUT2D eigenvalue weighted by Gasteiger charge is 2.50. The molecule has 0 radical (unpaired) electrons. The van der Waals surface area contributed by atoms with Gasteiger partial charge in [0.2, 0.25) is 0 Å². The average Bonchev–Trinajstić information content (AvgIpc) is 1.94. The summed E-state index contributed by atoms with van der Waals surface area (Å²) in [6, 6.07) is 16.5. The van der Waals surface area contributed by atoms with Crippen molar-refractivity contribution in [2.24, 2.45) is 28.8 Å². The monoisotopic (exact) mass is 1190 g/mol. The number of likely N-dealkylation sites (tertiary alicyclic amines) is 1. The Bertz CT molecular complexity index is 3200. The van der Waals surface area contributed by atoms with Gasteiger partial charge in [0, 0.05) is 115 Å².